The molecule has 2 aliphatic heterocycles. The Kier molecular flexibility index (Phi) is 2.82. The van der Waals surface area contributed by atoms with E-state index in [9.17, 15) is 9.18 Å². The van der Waals surface area contributed by atoms with Crippen molar-refractivity contribution in [3.05, 3.63) is 0 Å². The number of likely N-dealkylation sites (tertiary alicyclic amines) is 1. The van der Waals surface area contributed by atoms with Crippen LogP contribution in [-0.2, 0) is 4.74 Å². The Morgan fingerprint density at radius 2 is 2.40 bits per heavy atom. The zero-order valence-electron chi connectivity index (χ0n) is 8.96. The smallest absolute Gasteiger partial charge is 0.317 e. The molecule has 86 valence electrons. The molecule has 0 spiro atoms. The van der Waals surface area contributed by atoms with E-state index in [1.807, 2.05) is 0 Å². The Balaban J connectivity index is 1.71. The summed E-state index contributed by atoms with van der Waals surface area (Å²) in [5.74, 6) is 0. The van der Waals surface area contributed by atoms with Gasteiger partial charge in [-0.05, 0) is 6.42 Å². The average Bonchev–Trinajstić information content (AvgIpc) is 2.57. The summed E-state index contributed by atoms with van der Waals surface area (Å²) in [6.45, 7) is 4.63. The van der Waals surface area contributed by atoms with Crippen LogP contribution in [0, 0.1) is 5.41 Å². The number of halogens is 1. The topological polar surface area (TPSA) is 41.6 Å². The molecule has 1 unspecified atom stereocenters. The molecule has 2 saturated heterocycles. The van der Waals surface area contributed by atoms with Crippen LogP contribution in [0.25, 0.3) is 0 Å². The van der Waals surface area contributed by atoms with E-state index >= 15 is 0 Å². The van der Waals surface area contributed by atoms with E-state index in [0.717, 1.165) is 13.0 Å². The van der Waals surface area contributed by atoms with E-state index in [-0.39, 0.29) is 24.5 Å². The van der Waals surface area contributed by atoms with Crippen molar-refractivity contribution in [1.29, 1.82) is 0 Å². The second kappa shape index (κ2) is 3.96. The van der Waals surface area contributed by atoms with Crippen LogP contribution in [-0.4, -0.2) is 50.0 Å². The Bertz CT molecular complexity index is 248. The van der Waals surface area contributed by atoms with Crippen LogP contribution in [0.3, 0.4) is 0 Å². The van der Waals surface area contributed by atoms with Gasteiger partial charge in [-0.1, -0.05) is 6.92 Å². The van der Waals surface area contributed by atoms with Crippen molar-refractivity contribution in [1.82, 2.24) is 10.2 Å². The molecule has 0 aromatic rings. The van der Waals surface area contributed by atoms with E-state index in [4.69, 9.17) is 4.74 Å². The molecule has 1 N–H and O–H groups in total. The van der Waals surface area contributed by atoms with Crippen LogP contribution in [0.1, 0.15) is 13.3 Å². The van der Waals surface area contributed by atoms with Gasteiger partial charge in [-0.3, -0.25) is 0 Å². The second-order valence-corrected chi connectivity index (χ2v) is 4.77. The second-order valence-electron chi connectivity index (χ2n) is 4.77. The van der Waals surface area contributed by atoms with E-state index < -0.39 is 6.17 Å². The number of alkyl halides is 1. The largest absolute Gasteiger partial charge is 0.381 e. The third kappa shape index (κ3) is 2.40. The lowest BCUT2D eigenvalue weighted by Crippen LogP contribution is -2.56. The first kappa shape index (κ1) is 10.7. The number of nitrogens with zero attached hydrogens (tertiary/aromatic N) is 1. The number of carbonyl (C=O) groups excluding carboxylic acids is 1. The number of rotatable bonds is 2. The molecule has 0 aromatic carbocycles. The first-order valence-electron chi connectivity index (χ1n) is 5.34. The standard InChI is InChI=1S/C10H17FN2O2/c1-10(2-3-15-7-10)6-12-9(14)13-4-8(11)5-13/h8H,2-7H2,1H3,(H,12,14). The fourth-order valence-electron chi connectivity index (χ4n) is 1.84. The maximum Gasteiger partial charge on any atom is 0.317 e. The van der Waals surface area contributed by atoms with Gasteiger partial charge < -0.3 is 15.0 Å². The maximum absolute atomic E-state index is 12.5. The summed E-state index contributed by atoms with van der Waals surface area (Å²) in [6, 6.07) is -0.156. The van der Waals surface area contributed by atoms with E-state index in [2.05, 4.69) is 12.2 Å². The first-order valence-corrected chi connectivity index (χ1v) is 5.34. The Morgan fingerprint density at radius 3 is 2.93 bits per heavy atom. The van der Waals surface area contributed by atoms with Gasteiger partial charge in [0.15, 0.2) is 0 Å². The van der Waals surface area contributed by atoms with Crippen molar-refractivity contribution in [3.63, 3.8) is 0 Å². The van der Waals surface area contributed by atoms with E-state index in [0.29, 0.717) is 13.2 Å². The highest BCUT2D eigenvalue weighted by atomic mass is 19.1. The monoisotopic (exact) mass is 216 g/mol. The van der Waals surface area contributed by atoms with Gasteiger partial charge in [-0.15, -0.1) is 0 Å². The molecule has 0 aromatic heterocycles. The number of hydrogen-bond acceptors (Lipinski definition) is 2. The average molecular weight is 216 g/mol. The normalized spacial score (nSPS) is 31.5. The van der Waals surface area contributed by atoms with Crippen molar-refractivity contribution in [2.45, 2.75) is 19.5 Å². The van der Waals surface area contributed by atoms with Crippen LogP contribution < -0.4 is 5.32 Å². The molecule has 0 aliphatic carbocycles. The minimum absolute atomic E-state index is 0.0512. The van der Waals surface area contributed by atoms with Crippen LogP contribution in [0.4, 0.5) is 9.18 Å². The van der Waals surface area contributed by atoms with Gasteiger partial charge in [0.2, 0.25) is 0 Å². The van der Waals surface area contributed by atoms with Crippen molar-refractivity contribution < 1.29 is 13.9 Å². The van der Waals surface area contributed by atoms with E-state index in [1.165, 1.54) is 4.90 Å². The number of carbonyl (C=O) groups is 1. The van der Waals surface area contributed by atoms with Crippen LogP contribution in [0.15, 0.2) is 0 Å². The summed E-state index contributed by atoms with van der Waals surface area (Å²) in [5, 5.41) is 2.83. The van der Waals surface area contributed by atoms with Crippen molar-refractivity contribution in [2.75, 3.05) is 32.8 Å². The molecule has 0 bridgehead atoms. The van der Waals surface area contributed by atoms with Gasteiger partial charge in [-0.25, -0.2) is 9.18 Å². The first-order chi connectivity index (χ1) is 7.09. The van der Waals surface area contributed by atoms with Crippen LogP contribution in [0.2, 0.25) is 0 Å². The Labute approximate surface area is 88.8 Å². The molecular weight excluding hydrogens is 199 g/mol. The molecule has 2 rings (SSSR count). The summed E-state index contributed by atoms with van der Waals surface area (Å²) < 4.78 is 17.8. The number of hydrogen-bond donors (Lipinski definition) is 1. The zero-order chi connectivity index (χ0) is 10.9. The molecule has 2 fully saturated rings. The van der Waals surface area contributed by atoms with Gasteiger partial charge in [0.1, 0.15) is 6.17 Å². The van der Waals surface area contributed by atoms with Crippen molar-refractivity contribution >= 4 is 6.03 Å². The highest BCUT2D eigenvalue weighted by Gasteiger charge is 2.33. The molecule has 15 heavy (non-hydrogen) atoms. The van der Waals surface area contributed by atoms with E-state index in [1.54, 1.807) is 0 Å². The highest BCUT2D eigenvalue weighted by Crippen LogP contribution is 2.26. The summed E-state index contributed by atoms with van der Waals surface area (Å²) in [7, 11) is 0. The molecule has 0 saturated carbocycles. The number of amides is 2. The van der Waals surface area contributed by atoms with Crippen LogP contribution >= 0.6 is 0 Å². The molecule has 2 heterocycles. The summed E-state index contributed by atoms with van der Waals surface area (Å²) >= 11 is 0. The maximum atomic E-state index is 12.5. The molecule has 2 amide bonds. The van der Waals surface area contributed by atoms with Gasteiger partial charge in [-0.2, -0.15) is 0 Å². The zero-order valence-corrected chi connectivity index (χ0v) is 8.96. The lowest BCUT2D eigenvalue weighted by atomic mass is 9.90. The summed E-state index contributed by atoms with van der Waals surface area (Å²) in [4.78, 5) is 13.0. The van der Waals surface area contributed by atoms with Crippen molar-refractivity contribution in [2.24, 2.45) is 5.41 Å². The molecular formula is C10H17FN2O2. The minimum Gasteiger partial charge on any atom is -0.381 e. The number of ether oxygens (including phenoxy) is 1. The number of urea groups is 1. The number of nitrogens with one attached hydrogen (secondary N) is 1. The predicted molar refractivity (Wildman–Crippen MR) is 53.4 cm³/mol. The van der Waals surface area contributed by atoms with Gasteiger partial charge in [0.25, 0.3) is 0 Å². The molecule has 0 radical (unpaired) electrons. The lowest BCUT2D eigenvalue weighted by molar-refractivity contribution is 0.0870. The van der Waals surface area contributed by atoms with Gasteiger partial charge >= 0.3 is 6.03 Å². The van der Waals surface area contributed by atoms with Gasteiger partial charge in [0, 0.05) is 18.6 Å². The third-order valence-electron chi connectivity index (χ3n) is 3.09. The quantitative estimate of drug-likeness (QED) is 0.741. The SMILES string of the molecule is CC1(CNC(=O)N2CC(F)C2)CCOC1. The molecule has 4 nitrogen and oxygen atoms in total. The third-order valence-corrected chi connectivity index (χ3v) is 3.09. The fourth-order valence-corrected chi connectivity index (χ4v) is 1.84. The Hall–Kier alpha value is -0.840. The molecule has 2 aliphatic rings. The van der Waals surface area contributed by atoms with Gasteiger partial charge in [0.05, 0.1) is 19.7 Å². The fraction of sp³-hybridized carbons (Fsp3) is 0.900. The summed E-state index contributed by atoms with van der Waals surface area (Å²) in [6.07, 6.45) is 0.139. The van der Waals surface area contributed by atoms with Crippen LogP contribution in [0.5, 0.6) is 0 Å². The molecule has 5 heteroatoms. The summed E-state index contributed by atoms with van der Waals surface area (Å²) in [5.41, 5.74) is 0.0512. The minimum atomic E-state index is -0.832. The lowest BCUT2D eigenvalue weighted by Gasteiger charge is -2.35. The molecule has 1 atom stereocenters. The van der Waals surface area contributed by atoms with Crippen molar-refractivity contribution in [3.8, 4) is 0 Å². The Morgan fingerprint density at radius 1 is 1.67 bits per heavy atom. The highest BCUT2D eigenvalue weighted by molar-refractivity contribution is 5.75. The predicted octanol–water partition coefficient (Wildman–Crippen LogP) is 0.776.